The number of nitrogens with one attached hydrogen (secondary N) is 1. The third-order valence-corrected chi connectivity index (χ3v) is 7.61. The van der Waals surface area contributed by atoms with Crippen LogP contribution in [0.3, 0.4) is 0 Å². The number of nitrogens with zero attached hydrogens (tertiary/aromatic N) is 3. The van der Waals surface area contributed by atoms with Gasteiger partial charge in [-0.3, -0.25) is 19.5 Å². The first-order valence-corrected chi connectivity index (χ1v) is 12.1. The maximum atomic E-state index is 13.2. The highest BCUT2D eigenvalue weighted by Crippen LogP contribution is 2.29. The van der Waals surface area contributed by atoms with Crippen LogP contribution >= 0.6 is 24.8 Å². The van der Waals surface area contributed by atoms with E-state index < -0.39 is 27.9 Å². The van der Waals surface area contributed by atoms with E-state index in [1.165, 1.54) is 23.8 Å². The van der Waals surface area contributed by atoms with E-state index in [0.29, 0.717) is 43.3 Å². The Labute approximate surface area is 212 Å². The molecule has 2 fully saturated rings. The summed E-state index contributed by atoms with van der Waals surface area (Å²) in [6, 6.07) is 7.37. The second-order valence-corrected chi connectivity index (χ2v) is 9.90. The number of rotatable bonds is 7. The summed E-state index contributed by atoms with van der Waals surface area (Å²) < 4.78 is 28.6. The van der Waals surface area contributed by atoms with Crippen LogP contribution in [0.4, 0.5) is 0 Å². The lowest BCUT2D eigenvalue weighted by atomic mass is 10.0. The summed E-state index contributed by atoms with van der Waals surface area (Å²) >= 11 is 0. The summed E-state index contributed by atoms with van der Waals surface area (Å²) in [5.41, 5.74) is 7.39. The number of amides is 2. The molecule has 1 saturated carbocycles. The lowest BCUT2D eigenvalue weighted by Crippen LogP contribution is -2.58. The van der Waals surface area contributed by atoms with E-state index in [1.54, 1.807) is 37.5 Å². The highest BCUT2D eigenvalue weighted by molar-refractivity contribution is 7.89. The Morgan fingerprint density at radius 2 is 1.76 bits per heavy atom. The average Bonchev–Trinajstić information content (AvgIpc) is 3.63. The van der Waals surface area contributed by atoms with E-state index in [4.69, 9.17) is 5.73 Å². The number of carbonyl (C=O) groups excluding carboxylic acids is 2. The summed E-state index contributed by atoms with van der Waals surface area (Å²) in [5, 5.41) is 0. The van der Waals surface area contributed by atoms with Crippen LogP contribution in [0.15, 0.2) is 47.6 Å². The van der Waals surface area contributed by atoms with Gasteiger partial charge in [0.15, 0.2) is 6.04 Å². The summed E-state index contributed by atoms with van der Waals surface area (Å²) in [4.78, 5) is 33.0. The molecule has 0 bridgehead atoms. The standard InChI is InChI=1S/C22H27N5O4S.2ClH/c1-15-18(16-4-3-9-24-14-16)5-2-6-19(15)32(30,31)25-20(21(23)28)22(29)27-12-10-26(11-13-27)17-7-8-17;;/h2-6,9,14,17,20,25H,7-8,10-13H2,1H3,(H2,23,28);2*1H/t20-;;/m0../s1. The SMILES string of the molecule is Cc1c(-c2cccnc2)cccc1S(=O)(=O)N[C@@H](C(N)=O)C(=O)N1CCN(C2CC2)CC1.Cl.Cl. The number of hydrogen-bond donors (Lipinski definition) is 2. The van der Waals surface area contributed by atoms with Crippen molar-refractivity contribution in [2.75, 3.05) is 26.2 Å². The first kappa shape index (κ1) is 28.0. The van der Waals surface area contributed by atoms with E-state index in [-0.39, 0.29) is 29.7 Å². The number of halogens is 2. The van der Waals surface area contributed by atoms with Gasteiger partial charge in [-0.05, 0) is 43.0 Å². The van der Waals surface area contributed by atoms with Gasteiger partial charge in [0.05, 0.1) is 4.90 Å². The number of pyridine rings is 1. The first-order valence-electron chi connectivity index (χ1n) is 10.6. The second-order valence-electron chi connectivity index (χ2n) is 8.22. The zero-order valence-electron chi connectivity index (χ0n) is 18.7. The van der Waals surface area contributed by atoms with Crippen LogP contribution in [0.25, 0.3) is 11.1 Å². The predicted octanol–water partition coefficient (Wildman–Crippen LogP) is 1.34. The molecule has 2 aromatic rings. The van der Waals surface area contributed by atoms with Crippen molar-refractivity contribution in [3.8, 4) is 11.1 Å². The molecule has 3 N–H and O–H groups in total. The molecule has 0 radical (unpaired) electrons. The van der Waals surface area contributed by atoms with Gasteiger partial charge in [-0.2, -0.15) is 4.72 Å². The minimum atomic E-state index is -4.19. The van der Waals surface area contributed by atoms with Crippen LogP contribution in [0, 0.1) is 6.92 Å². The Balaban J connectivity index is 0.00000204. The Hall–Kier alpha value is -2.24. The zero-order valence-corrected chi connectivity index (χ0v) is 21.2. The summed E-state index contributed by atoms with van der Waals surface area (Å²) in [7, 11) is -4.19. The number of carbonyl (C=O) groups is 2. The van der Waals surface area contributed by atoms with Gasteiger partial charge in [0.1, 0.15) is 0 Å². The third kappa shape index (κ3) is 6.05. The fourth-order valence-electron chi connectivity index (χ4n) is 4.12. The lowest BCUT2D eigenvalue weighted by molar-refractivity contribution is -0.139. The van der Waals surface area contributed by atoms with Crippen molar-refractivity contribution in [2.24, 2.45) is 5.73 Å². The summed E-state index contributed by atoms with van der Waals surface area (Å²) in [6.45, 7) is 3.98. The van der Waals surface area contributed by atoms with E-state index in [1.807, 2.05) is 6.07 Å². The summed E-state index contributed by atoms with van der Waals surface area (Å²) in [5.74, 6) is -1.64. The van der Waals surface area contributed by atoms with Gasteiger partial charge in [-0.1, -0.05) is 18.2 Å². The molecular formula is C22H29Cl2N5O4S. The fourth-order valence-corrected chi connectivity index (χ4v) is 5.54. The van der Waals surface area contributed by atoms with Gasteiger partial charge < -0.3 is 10.6 Å². The van der Waals surface area contributed by atoms with Crippen molar-refractivity contribution in [3.63, 3.8) is 0 Å². The molecule has 1 aliphatic carbocycles. The van der Waals surface area contributed by atoms with E-state index in [0.717, 1.165) is 5.56 Å². The van der Waals surface area contributed by atoms with Crippen LogP contribution in [0.2, 0.25) is 0 Å². The zero-order chi connectivity index (χ0) is 22.9. The Kier molecular flexibility index (Phi) is 9.44. The van der Waals surface area contributed by atoms with Crippen molar-refractivity contribution >= 4 is 46.7 Å². The molecule has 1 aliphatic heterocycles. The Bertz CT molecular complexity index is 1120. The van der Waals surface area contributed by atoms with E-state index in [2.05, 4.69) is 14.6 Å². The van der Waals surface area contributed by atoms with Crippen molar-refractivity contribution in [2.45, 2.75) is 36.7 Å². The van der Waals surface area contributed by atoms with Gasteiger partial charge in [-0.25, -0.2) is 8.42 Å². The predicted molar refractivity (Wildman–Crippen MR) is 133 cm³/mol. The molecule has 2 aliphatic rings. The quantitative estimate of drug-likeness (QED) is 0.521. The maximum absolute atomic E-state index is 13.2. The second kappa shape index (κ2) is 11.5. The van der Waals surface area contributed by atoms with Crippen molar-refractivity contribution in [1.82, 2.24) is 19.5 Å². The van der Waals surface area contributed by atoms with E-state index >= 15 is 0 Å². The minimum Gasteiger partial charge on any atom is -0.368 e. The molecule has 12 heteroatoms. The van der Waals surface area contributed by atoms with Crippen LogP contribution in [-0.2, 0) is 19.6 Å². The highest BCUT2D eigenvalue weighted by Gasteiger charge is 2.37. The molecule has 0 spiro atoms. The van der Waals surface area contributed by atoms with Crippen LogP contribution in [0.1, 0.15) is 18.4 Å². The molecule has 9 nitrogen and oxygen atoms in total. The largest absolute Gasteiger partial charge is 0.368 e. The molecule has 186 valence electrons. The monoisotopic (exact) mass is 529 g/mol. The molecule has 4 rings (SSSR count). The summed E-state index contributed by atoms with van der Waals surface area (Å²) in [6.07, 6.45) is 5.63. The van der Waals surface area contributed by atoms with Crippen molar-refractivity contribution in [3.05, 3.63) is 48.3 Å². The van der Waals surface area contributed by atoms with Crippen LogP contribution in [-0.4, -0.2) is 73.3 Å². The number of aromatic nitrogens is 1. The number of nitrogens with two attached hydrogens (primary N) is 1. The molecule has 0 unspecified atom stereocenters. The molecular weight excluding hydrogens is 501 g/mol. The number of primary amides is 1. The average molecular weight is 530 g/mol. The normalized spacial score (nSPS) is 17.3. The molecule has 1 saturated heterocycles. The number of hydrogen-bond acceptors (Lipinski definition) is 6. The Morgan fingerprint density at radius 1 is 1.09 bits per heavy atom. The number of benzene rings is 1. The number of sulfonamides is 1. The minimum absolute atomic E-state index is 0. The topological polar surface area (TPSA) is 126 Å². The van der Waals surface area contributed by atoms with Crippen LogP contribution in [0.5, 0.6) is 0 Å². The van der Waals surface area contributed by atoms with Gasteiger partial charge in [0.25, 0.3) is 5.91 Å². The smallest absolute Gasteiger partial charge is 0.250 e. The third-order valence-electron chi connectivity index (χ3n) is 6.04. The molecule has 1 atom stereocenters. The Morgan fingerprint density at radius 3 is 2.32 bits per heavy atom. The van der Waals surface area contributed by atoms with Gasteiger partial charge in [0, 0.05) is 50.2 Å². The number of piperazine rings is 1. The van der Waals surface area contributed by atoms with Crippen molar-refractivity contribution in [1.29, 1.82) is 0 Å². The fraction of sp³-hybridized carbons (Fsp3) is 0.409. The first-order chi connectivity index (χ1) is 15.3. The van der Waals surface area contributed by atoms with Gasteiger partial charge in [-0.15, -0.1) is 24.8 Å². The molecule has 2 heterocycles. The van der Waals surface area contributed by atoms with Crippen LogP contribution < -0.4 is 10.5 Å². The molecule has 2 amide bonds. The van der Waals surface area contributed by atoms with Crippen molar-refractivity contribution < 1.29 is 18.0 Å². The molecule has 34 heavy (non-hydrogen) atoms. The lowest BCUT2D eigenvalue weighted by Gasteiger charge is -2.36. The molecule has 1 aromatic heterocycles. The van der Waals surface area contributed by atoms with E-state index in [9.17, 15) is 18.0 Å². The molecule has 1 aromatic carbocycles. The maximum Gasteiger partial charge on any atom is 0.250 e. The van der Waals surface area contributed by atoms with Gasteiger partial charge in [0.2, 0.25) is 15.9 Å². The van der Waals surface area contributed by atoms with Gasteiger partial charge >= 0.3 is 0 Å². The highest BCUT2D eigenvalue weighted by atomic mass is 35.5.